The Bertz CT molecular complexity index is 452. The van der Waals surface area contributed by atoms with Crippen LogP contribution >= 0.6 is 0 Å². The van der Waals surface area contributed by atoms with Gasteiger partial charge < -0.3 is 10.1 Å². The standard InChI is InChI=1S/C15H19NO2/c1-2-18-15-10-6-4-8-13(15)16-11-12-7-3-5-9-14(12)17/h4,6,8,10-11,16H,2-3,5,7,9H2,1H3/b12-11+. The van der Waals surface area contributed by atoms with Gasteiger partial charge >= 0.3 is 0 Å². The molecule has 1 saturated carbocycles. The summed E-state index contributed by atoms with van der Waals surface area (Å²) in [5.41, 5.74) is 1.80. The molecule has 1 aliphatic rings. The summed E-state index contributed by atoms with van der Waals surface area (Å²) < 4.78 is 5.53. The lowest BCUT2D eigenvalue weighted by molar-refractivity contribution is -0.116. The summed E-state index contributed by atoms with van der Waals surface area (Å²) in [6.45, 7) is 2.59. The largest absolute Gasteiger partial charge is 0.492 e. The third kappa shape index (κ3) is 3.13. The highest BCUT2D eigenvalue weighted by atomic mass is 16.5. The van der Waals surface area contributed by atoms with E-state index < -0.39 is 0 Å². The van der Waals surface area contributed by atoms with Crippen molar-refractivity contribution < 1.29 is 9.53 Å². The van der Waals surface area contributed by atoms with Crippen molar-refractivity contribution in [2.75, 3.05) is 11.9 Å². The molecule has 1 aromatic rings. The lowest BCUT2D eigenvalue weighted by Crippen LogP contribution is -2.10. The van der Waals surface area contributed by atoms with Gasteiger partial charge in [0.25, 0.3) is 0 Å². The van der Waals surface area contributed by atoms with Crippen molar-refractivity contribution in [3.05, 3.63) is 36.0 Å². The molecule has 96 valence electrons. The highest BCUT2D eigenvalue weighted by Crippen LogP contribution is 2.25. The van der Waals surface area contributed by atoms with Crippen LogP contribution in [0.5, 0.6) is 5.75 Å². The maximum absolute atomic E-state index is 11.7. The molecular formula is C15H19NO2. The number of rotatable bonds is 4. The molecule has 0 unspecified atom stereocenters. The number of hydrogen-bond donors (Lipinski definition) is 1. The fourth-order valence-corrected chi connectivity index (χ4v) is 2.09. The molecule has 1 aromatic carbocycles. The molecule has 3 nitrogen and oxygen atoms in total. The van der Waals surface area contributed by atoms with E-state index in [1.807, 2.05) is 37.4 Å². The number of carbonyl (C=O) groups excluding carboxylic acids is 1. The minimum atomic E-state index is 0.266. The second-order valence-electron chi connectivity index (χ2n) is 4.37. The molecule has 0 heterocycles. The number of nitrogens with one attached hydrogen (secondary N) is 1. The molecule has 0 aromatic heterocycles. The molecule has 0 bridgehead atoms. The Balaban J connectivity index is 2.09. The lowest BCUT2D eigenvalue weighted by atomic mass is 9.94. The van der Waals surface area contributed by atoms with Crippen molar-refractivity contribution >= 4 is 11.5 Å². The highest BCUT2D eigenvalue weighted by molar-refractivity contribution is 5.96. The third-order valence-electron chi connectivity index (χ3n) is 3.05. The van der Waals surface area contributed by atoms with Crippen LogP contribution in [0.4, 0.5) is 5.69 Å². The maximum atomic E-state index is 11.7. The molecule has 0 radical (unpaired) electrons. The Morgan fingerprint density at radius 2 is 2.06 bits per heavy atom. The smallest absolute Gasteiger partial charge is 0.160 e. The molecule has 0 amide bonds. The van der Waals surface area contributed by atoms with Gasteiger partial charge in [0.2, 0.25) is 0 Å². The van der Waals surface area contributed by atoms with Crippen molar-refractivity contribution in [2.24, 2.45) is 0 Å². The average Bonchev–Trinajstić information content (AvgIpc) is 2.40. The predicted molar refractivity (Wildman–Crippen MR) is 72.8 cm³/mol. The van der Waals surface area contributed by atoms with E-state index in [9.17, 15) is 4.79 Å². The number of hydrogen-bond acceptors (Lipinski definition) is 3. The molecule has 2 rings (SSSR count). The number of anilines is 1. The van der Waals surface area contributed by atoms with Crippen molar-refractivity contribution in [3.63, 3.8) is 0 Å². The molecular weight excluding hydrogens is 226 g/mol. The summed E-state index contributed by atoms with van der Waals surface area (Å²) in [6.07, 6.45) is 5.51. The average molecular weight is 245 g/mol. The first kappa shape index (κ1) is 12.7. The van der Waals surface area contributed by atoms with Gasteiger partial charge in [0.05, 0.1) is 12.3 Å². The van der Waals surface area contributed by atoms with Gasteiger partial charge in [-0.25, -0.2) is 0 Å². The summed E-state index contributed by atoms with van der Waals surface area (Å²) in [7, 11) is 0. The van der Waals surface area contributed by atoms with Gasteiger partial charge in [-0.1, -0.05) is 12.1 Å². The van der Waals surface area contributed by atoms with Gasteiger partial charge in [-0.15, -0.1) is 0 Å². The second kappa shape index (κ2) is 6.24. The monoisotopic (exact) mass is 245 g/mol. The summed E-state index contributed by atoms with van der Waals surface area (Å²) in [5, 5.41) is 3.19. The van der Waals surface area contributed by atoms with Crippen LogP contribution in [0.25, 0.3) is 0 Å². The third-order valence-corrected chi connectivity index (χ3v) is 3.05. The summed E-state index contributed by atoms with van der Waals surface area (Å²) in [6, 6.07) is 7.77. The van der Waals surface area contributed by atoms with Crippen LogP contribution in [0.2, 0.25) is 0 Å². The van der Waals surface area contributed by atoms with Crippen LogP contribution in [-0.2, 0) is 4.79 Å². The fourth-order valence-electron chi connectivity index (χ4n) is 2.09. The number of ketones is 1. The zero-order valence-corrected chi connectivity index (χ0v) is 10.7. The Morgan fingerprint density at radius 1 is 1.28 bits per heavy atom. The molecule has 1 aliphatic carbocycles. The molecule has 0 aliphatic heterocycles. The van der Waals surface area contributed by atoms with E-state index >= 15 is 0 Å². The fraction of sp³-hybridized carbons (Fsp3) is 0.400. The Labute approximate surface area is 108 Å². The first-order chi connectivity index (χ1) is 8.81. The van der Waals surface area contributed by atoms with Crippen molar-refractivity contribution in [1.29, 1.82) is 0 Å². The number of benzene rings is 1. The van der Waals surface area contributed by atoms with Crippen molar-refractivity contribution in [3.8, 4) is 5.75 Å². The number of allylic oxidation sites excluding steroid dienone is 1. The minimum Gasteiger partial charge on any atom is -0.492 e. The Kier molecular flexibility index (Phi) is 4.40. The first-order valence-electron chi connectivity index (χ1n) is 6.52. The SMILES string of the molecule is CCOc1ccccc1N/C=C1\CCCCC1=O. The summed E-state index contributed by atoms with van der Waals surface area (Å²) >= 11 is 0. The summed E-state index contributed by atoms with van der Waals surface area (Å²) in [4.78, 5) is 11.7. The number of para-hydroxylation sites is 2. The van der Waals surface area contributed by atoms with E-state index in [0.29, 0.717) is 13.0 Å². The number of ether oxygens (including phenoxy) is 1. The van der Waals surface area contributed by atoms with Gasteiger partial charge in [0.1, 0.15) is 5.75 Å². The maximum Gasteiger partial charge on any atom is 0.160 e. The van der Waals surface area contributed by atoms with Gasteiger partial charge in [-0.05, 0) is 38.3 Å². The van der Waals surface area contributed by atoms with Crippen LogP contribution in [-0.4, -0.2) is 12.4 Å². The van der Waals surface area contributed by atoms with Crippen LogP contribution in [0.3, 0.4) is 0 Å². The molecule has 18 heavy (non-hydrogen) atoms. The normalized spacial score (nSPS) is 17.8. The van der Waals surface area contributed by atoms with E-state index in [0.717, 1.165) is 36.3 Å². The van der Waals surface area contributed by atoms with E-state index in [2.05, 4.69) is 5.32 Å². The topological polar surface area (TPSA) is 38.3 Å². The van der Waals surface area contributed by atoms with Crippen molar-refractivity contribution in [2.45, 2.75) is 32.6 Å². The van der Waals surface area contributed by atoms with E-state index in [-0.39, 0.29) is 5.78 Å². The Morgan fingerprint density at radius 3 is 2.83 bits per heavy atom. The molecule has 0 spiro atoms. The zero-order valence-electron chi connectivity index (χ0n) is 10.7. The van der Waals surface area contributed by atoms with Crippen LogP contribution in [0.15, 0.2) is 36.0 Å². The molecule has 3 heteroatoms. The molecule has 1 fully saturated rings. The number of carbonyl (C=O) groups is 1. The van der Waals surface area contributed by atoms with Gasteiger partial charge in [-0.2, -0.15) is 0 Å². The summed E-state index contributed by atoms with van der Waals surface area (Å²) in [5.74, 6) is 1.09. The first-order valence-corrected chi connectivity index (χ1v) is 6.52. The van der Waals surface area contributed by atoms with E-state index in [1.165, 1.54) is 0 Å². The van der Waals surface area contributed by atoms with E-state index in [1.54, 1.807) is 0 Å². The van der Waals surface area contributed by atoms with Crippen LogP contribution in [0.1, 0.15) is 32.6 Å². The van der Waals surface area contributed by atoms with Gasteiger partial charge in [-0.3, -0.25) is 4.79 Å². The quantitative estimate of drug-likeness (QED) is 0.825. The molecule has 1 N–H and O–H groups in total. The van der Waals surface area contributed by atoms with E-state index in [4.69, 9.17) is 4.74 Å². The number of Topliss-reactive ketones (excluding diaryl/α,β-unsaturated/α-hetero) is 1. The van der Waals surface area contributed by atoms with Crippen LogP contribution in [0, 0.1) is 0 Å². The van der Waals surface area contributed by atoms with Gasteiger partial charge in [0.15, 0.2) is 5.78 Å². The highest BCUT2D eigenvalue weighted by Gasteiger charge is 2.14. The minimum absolute atomic E-state index is 0.266. The molecule has 0 saturated heterocycles. The Hall–Kier alpha value is -1.77. The van der Waals surface area contributed by atoms with Crippen LogP contribution < -0.4 is 10.1 Å². The second-order valence-corrected chi connectivity index (χ2v) is 4.37. The van der Waals surface area contributed by atoms with Crippen molar-refractivity contribution in [1.82, 2.24) is 0 Å². The lowest BCUT2D eigenvalue weighted by Gasteiger charge is -2.14. The predicted octanol–water partition coefficient (Wildman–Crippen LogP) is 3.52. The zero-order chi connectivity index (χ0) is 12.8. The van der Waals surface area contributed by atoms with Gasteiger partial charge in [0, 0.05) is 18.2 Å². The molecule has 0 atom stereocenters.